The Balaban J connectivity index is 1.28. The number of anilines is 1. The summed E-state index contributed by atoms with van der Waals surface area (Å²) in [5.74, 6) is -0.723. The lowest BCUT2D eigenvalue weighted by atomic mass is 10.1. The van der Waals surface area contributed by atoms with E-state index in [2.05, 4.69) is 25.1 Å². The molecule has 2 aliphatic heterocycles. The summed E-state index contributed by atoms with van der Waals surface area (Å²) < 4.78 is 44.8. The first kappa shape index (κ1) is 32.4. The van der Waals surface area contributed by atoms with Gasteiger partial charge in [0.1, 0.15) is 11.4 Å². The number of piperazine rings is 1. The molecular weight excluding hydrogens is 587 g/mol. The van der Waals surface area contributed by atoms with Gasteiger partial charge in [0.2, 0.25) is 5.82 Å². The van der Waals surface area contributed by atoms with Crippen LogP contribution < -0.4 is 10.2 Å². The van der Waals surface area contributed by atoms with Crippen molar-refractivity contribution >= 4 is 28.7 Å². The van der Waals surface area contributed by atoms with Crippen LogP contribution in [0.25, 0.3) is 10.9 Å². The zero-order valence-electron chi connectivity index (χ0n) is 25.9. The van der Waals surface area contributed by atoms with E-state index in [9.17, 15) is 22.8 Å². The van der Waals surface area contributed by atoms with Crippen LogP contribution in [-0.4, -0.2) is 88.2 Å². The predicted molar refractivity (Wildman–Crippen MR) is 164 cm³/mol. The number of halogens is 3. The highest BCUT2D eigenvalue weighted by atomic mass is 19.4. The molecule has 0 spiro atoms. The highest BCUT2D eigenvalue weighted by molar-refractivity contribution is 6.06. The highest BCUT2D eigenvalue weighted by Crippen LogP contribution is 2.29. The Labute approximate surface area is 261 Å². The van der Waals surface area contributed by atoms with Crippen LogP contribution in [0.4, 0.5) is 23.8 Å². The van der Waals surface area contributed by atoms with Crippen LogP contribution in [0.5, 0.6) is 0 Å². The standard InChI is InChI=1S/C32H40F3N7O3/c1-31(2,3)45-30(44)42-17-15-41(16-18-42)27-12-11-23-24(9-8-10-25(23)39-27)28(43)36-21-26(40-13-6-4-5-7-14-40)22-19-37-29(38-20-22)32(33,34)35/h8-12,19-20,26H,4-7,13-18,21H2,1-3H3,(H,36,43). The molecule has 45 heavy (non-hydrogen) atoms. The molecule has 2 aliphatic rings. The smallest absolute Gasteiger partial charge is 0.444 e. The van der Waals surface area contributed by atoms with Gasteiger partial charge in [-0.2, -0.15) is 13.2 Å². The molecule has 0 bridgehead atoms. The van der Waals surface area contributed by atoms with Crippen molar-refractivity contribution in [2.45, 2.75) is 64.3 Å². The SMILES string of the molecule is CC(C)(C)OC(=O)N1CCN(c2ccc3c(C(=O)NCC(c4cnc(C(F)(F)F)nc4)N4CCCCCC4)cccc3n2)CC1. The molecule has 13 heteroatoms. The van der Waals surface area contributed by atoms with E-state index < -0.39 is 17.6 Å². The van der Waals surface area contributed by atoms with E-state index in [1.54, 1.807) is 17.0 Å². The Morgan fingerprint density at radius 3 is 2.20 bits per heavy atom. The summed E-state index contributed by atoms with van der Waals surface area (Å²) in [5.41, 5.74) is 1.10. The normalized spacial score (nSPS) is 17.6. The molecule has 2 saturated heterocycles. The molecular formula is C32H40F3N7O3. The molecule has 2 aromatic heterocycles. The van der Waals surface area contributed by atoms with E-state index in [1.807, 2.05) is 39.0 Å². The number of carbonyl (C=O) groups is 2. The summed E-state index contributed by atoms with van der Waals surface area (Å²) >= 11 is 0. The van der Waals surface area contributed by atoms with Crippen LogP contribution in [0, 0.1) is 0 Å². The molecule has 0 radical (unpaired) electrons. The molecule has 2 amide bonds. The topological polar surface area (TPSA) is 104 Å². The summed E-state index contributed by atoms with van der Waals surface area (Å²) in [5, 5.41) is 3.71. The molecule has 4 heterocycles. The lowest BCUT2D eigenvalue weighted by Crippen LogP contribution is -2.50. The first-order chi connectivity index (χ1) is 21.4. The quantitative estimate of drug-likeness (QED) is 0.385. The molecule has 5 rings (SSSR count). The average Bonchev–Trinajstić information content (AvgIpc) is 3.29. The van der Waals surface area contributed by atoms with Gasteiger partial charge in [-0.25, -0.2) is 19.7 Å². The van der Waals surface area contributed by atoms with Gasteiger partial charge in [-0.1, -0.05) is 18.9 Å². The zero-order valence-corrected chi connectivity index (χ0v) is 25.9. The van der Waals surface area contributed by atoms with Crippen molar-refractivity contribution in [3.63, 3.8) is 0 Å². The number of nitrogens with zero attached hydrogens (tertiary/aromatic N) is 6. The van der Waals surface area contributed by atoms with E-state index in [-0.39, 0.29) is 24.6 Å². The zero-order chi connectivity index (χ0) is 32.2. The van der Waals surface area contributed by atoms with Crippen molar-refractivity contribution in [3.05, 3.63) is 59.7 Å². The number of fused-ring (bicyclic) bond motifs is 1. The van der Waals surface area contributed by atoms with Gasteiger partial charge in [0.25, 0.3) is 5.91 Å². The van der Waals surface area contributed by atoms with Gasteiger partial charge in [-0.15, -0.1) is 0 Å². The van der Waals surface area contributed by atoms with Gasteiger partial charge in [-0.3, -0.25) is 9.69 Å². The second-order valence-electron chi connectivity index (χ2n) is 12.5. The monoisotopic (exact) mass is 627 g/mol. The van der Waals surface area contributed by atoms with Crippen LogP contribution >= 0.6 is 0 Å². The molecule has 0 saturated carbocycles. The first-order valence-corrected chi connectivity index (χ1v) is 15.4. The van der Waals surface area contributed by atoms with Gasteiger partial charge >= 0.3 is 12.3 Å². The van der Waals surface area contributed by atoms with Crippen molar-refractivity contribution < 1.29 is 27.5 Å². The van der Waals surface area contributed by atoms with E-state index in [0.29, 0.717) is 48.2 Å². The second kappa shape index (κ2) is 13.6. The van der Waals surface area contributed by atoms with E-state index in [4.69, 9.17) is 9.72 Å². The van der Waals surface area contributed by atoms with E-state index >= 15 is 0 Å². The molecule has 242 valence electrons. The average molecular weight is 628 g/mol. The maximum Gasteiger partial charge on any atom is 0.451 e. The molecule has 1 N–H and O–H groups in total. The number of carbonyl (C=O) groups excluding carboxylic acids is 2. The number of hydrogen-bond donors (Lipinski definition) is 1. The second-order valence-corrected chi connectivity index (χ2v) is 12.5. The molecule has 10 nitrogen and oxygen atoms in total. The minimum atomic E-state index is -4.62. The third kappa shape index (κ3) is 8.19. The largest absolute Gasteiger partial charge is 0.451 e. The lowest BCUT2D eigenvalue weighted by molar-refractivity contribution is -0.145. The van der Waals surface area contributed by atoms with Crippen molar-refractivity contribution in [2.24, 2.45) is 0 Å². The number of ether oxygens (including phenoxy) is 1. The number of nitrogens with one attached hydrogen (secondary N) is 1. The van der Waals surface area contributed by atoms with Gasteiger partial charge in [0.05, 0.1) is 11.6 Å². The Hall–Kier alpha value is -4.00. The highest BCUT2D eigenvalue weighted by Gasteiger charge is 2.35. The molecule has 3 aromatic rings. The number of aromatic nitrogens is 3. The Morgan fingerprint density at radius 2 is 1.58 bits per heavy atom. The van der Waals surface area contributed by atoms with Gasteiger partial charge in [0, 0.05) is 61.6 Å². The maximum absolute atomic E-state index is 13.5. The Bertz CT molecular complexity index is 1480. The summed E-state index contributed by atoms with van der Waals surface area (Å²) in [7, 11) is 0. The summed E-state index contributed by atoms with van der Waals surface area (Å²) in [4.78, 5) is 43.9. The first-order valence-electron chi connectivity index (χ1n) is 15.4. The van der Waals surface area contributed by atoms with Crippen LogP contribution in [0.2, 0.25) is 0 Å². The van der Waals surface area contributed by atoms with Crippen LogP contribution in [-0.2, 0) is 10.9 Å². The molecule has 1 atom stereocenters. The minimum Gasteiger partial charge on any atom is -0.444 e. The number of pyridine rings is 1. The summed E-state index contributed by atoms with van der Waals surface area (Å²) in [6.45, 7) is 9.50. The lowest BCUT2D eigenvalue weighted by Gasteiger charge is -2.36. The Morgan fingerprint density at radius 1 is 0.911 bits per heavy atom. The third-order valence-electron chi connectivity index (χ3n) is 8.06. The van der Waals surface area contributed by atoms with Crippen LogP contribution in [0.15, 0.2) is 42.7 Å². The molecule has 0 aliphatic carbocycles. The molecule has 2 fully saturated rings. The number of amides is 2. The summed E-state index contributed by atoms with van der Waals surface area (Å²) in [6.07, 6.45) is 1.60. The number of alkyl halides is 3. The number of rotatable bonds is 6. The molecule has 1 unspecified atom stereocenters. The predicted octanol–water partition coefficient (Wildman–Crippen LogP) is 5.45. The maximum atomic E-state index is 13.5. The van der Waals surface area contributed by atoms with Crippen molar-refractivity contribution in [3.8, 4) is 0 Å². The van der Waals surface area contributed by atoms with E-state index in [1.165, 1.54) is 12.4 Å². The minimum absolute atomic E-state index is 0.192. The van der Waals surface area contributed by atoms with Crippen LogP contribution in [0.1, 0.15) is 74.2 Å². The number of hydrogen-bond acceptors (Lipinski definition) is 8. The third-order valence-corrected chi connectivity index (χ3v) is 8.06. The fourth-order valence-corrected chi connectivity index (χ4v) is 5.77. The van der Waals surface area contributed by atoms with E-state index in [0.717, 1.165) is 44.6 Å². The van der Waals surface area contributed by atoms with Crippen molar-refractivity contribution in [1.82, 2.24) is 30.1 Å². The van der Waals surface area contributed by atoms with Gasteiger partial charge in [-0.05, 0) is 71.0 Å². The molecule has 1 aromatic carbocycles. The van der Waals surface area contributed by atoms with Crippen molar-refractivity contribution in [1.29, 1.82) is 0 Å². The van der Waals surface area contributed by atoms with Gasteiger partial charge < -0.3 is 19.9 Å². The van der Waals surface area contributed by atoms with Crippen LogP contribution in [0.3, 0.4) is 0 Å². The Kier molecular flexibility index (Phi) is 9.76. The number of likely N-dealkylation sites (tertiary alicyclic amines) is 1. The van der Waals surface area contributed by atoms with Gasteiger partial charge in [0.15, 0.2) is 0 Å². The van der Waals surface area contributed by atoms with Crippen molar-refractivity contribution in [2.75, 3.05) is 50.7 Å². The fourth-order valence-electron chi connectivity index (χ4n) is 5.77. The fraction of sp³-hybridized carbons (Fsp3) is 0.531. The summed E-state index contributed by atoms with van der Waals surface area (Å²) in [6, 6.07) is 8.76. The number of benzene rings is 1.